The van der Waals surface area contributed by atoms with Crippen molar-refractivity contribution in [2.75, 3.05) is 4.90 Å². The van der Waals surface area contributed by atoms with Crippen molar-refractivity contribution in [3.05, 3.63) is 195 Å². The van der Waals surface area contributed by atoms with E-state index in [1.807, 2.05) is 6.07 Å². The first-order valence-corrected chi connectivity index (χ1v) is 22.8. The van der Waals surface area contributed by atoms with E-state index in [0.717, 1.165) is 44.1 Å². The van der Waals surface area contributed by atoms with Crippen LogP contribution in [0, 0.1) is 18.1 Å². The van der Waals surface area contributed by atoms with Crippen molar-refractivity contribution in [2.24, 2.45) is 5.92 Å². The van der Waals surface area contributed by atoms with Gasteiger partial charge in [-0.3, -0.25) is 0 Å². The molecule has 1 nitrogen and oxygen atoms in total. The van der Waals surface area contributed by atoms with Gasteiger partial charge in [0.1, 0.15) is 0 Å². The SMILES string of the molecule is CC1C=CC2=C(C1)c1c(C(C)(C)C)c3c(c(N(C4=CC5=C(CC4)c4ccccc4C5)c4ccc(C5=CCCC=C5)cc4-c4c#cccc4)c1C2(C)C)C(C)(C)c1ccccc1-3. The molecule has 5 aromatic carbocycles. The van der Waals surface area contributed by atoms with E-state index in [1.54, 1.807) is 5.57 Å². The minimum absolute atomic E-state index is 0.101. The standard InChI is InChI=1S/C60H57N/c1-37-27-31-50-48(33-37)53-54(58(2,3)4)52-46-25-17-18-26-49(46)59(5,6)55(52)57(56(53)60(50,7)8)61(43-29-30-45-42(35-43)34-41-23-15-16-24-44(41)45)51-32-28-40(38-19-11-9-12-20-38)36-47(51)39-21-13-10-14-22-39/h10-11,13,15-21,23-28,31-32,35-37H,9,12,29-30,33-34H2,1-8H3. The maximum atomic E-state index is 3.60. The highest BCUT2D eigenvalue weighted by atomic mass is 15.2. The summed E-state index contributed by atoms with van der Waals surface area (Å²) in [7, 11) is 0. The zero-order valence-corrected chi connectivity index (χ0v) is 37.3. The molecule has 0 bridgehead atoms. The van der Waals surface area contributed by atoms with Crippen LogP contribution in [-0.2, 0) is 22.7 Å². The van der Waals surface area contributed by atoms with Crippen molar-refractivity contribution < 1.29 is 0 Å². The second-order valence-electron chi connectivity index (χ2n) is 20.6. The van der Waals surface area contributed by atoms with Gasteiger partial charge in [0.2, 0.25) is 0 Å². The van der Waals surface area contributed by atoms with E-state index in [9.17, 15) is 0 Å². The van der Waals surface area contributed by atoms with Gasteiger partial charge in [0.05, 0.1) is 11.4 Å². The molecule has 0 fully saturated rings. The minimum atomic E-state index is -0.259. The van der Waals surface area contributed by atoms with Crippen LogP contribution in [0.3, 0.4) is 0 Å². The number of nitrogens with zero attached hydrogens (tertiary/aromatic N) is 1. The molecule has 6 aliphatic carbocycles. The molecule has 302 valence electrons. The summed E-state index contributed by atoms with van der Waals surface area (Å²) in [4.78, 5) is 2.79. The molecule has 1 atom stereocenters. The molecule has 0 spiro atoms. The van der Waals surface area contributed by atoms with Crippen molar-refractivity contribution in [3.8, 4) is 22.3 Å². The molecule has 0 amide bonds. The van der Waals surface area contributed by atoms with Crippen LogP contribution >= 0.6 is 0 Å². The molecule has 11 rings (SSSR count). The van der Waals surface area contributed by atoms with Crippen molar-refractivity contribution in [2.45, 2.75) is 110 Å². The molecule has 0 heterocycles. The maximum absolute atomic E-state index is 3.60. The Kier molecular flexibility index (Phi) is 8.48. The first-order chi connectivity index (χ1) is 29.3. The fourth-order valence-electron chi connectivity index (χ4n) is 12.2. The summed E-state index contributed by atoms with van der Waals surface area (Å²) in [5.41, 5.74) is 27.4. The third-order valence-electron chi connectivity index (χ3n) is 14.9. The predicted molar refractivity (Wildman–Crippen MR) is 258 cm³/mol. The van der Waals surface area contributed by atoms with Gasteiger partial charge in [0, 0.05) is 27.7 Å². The van der Waals surface area contributed by atoms with Gasteiger partial charge in [0.25, 0.3) is 0 Å². The van der Waals surface area contributed by atoms with Gasteiger partial charge in [-0.15, -0.1) is 0 Å². The molecular weight excluding hydrogens is 735 g/mol. The molecule has 6 aliphatic rings. The molecule has 5 aromatic rings. The first-order valence-electron chi connectivity index (χ1n) is 22.8. The van der Waals surface area contributed by atoms with Crippen LogP contribution in [0.15, 0.2) is 138 Å². The van der Waals surface area contributed by atoms with Crippen LogP contribution < -0.4 is 4.90 Å². The Morgan fingerprint density at radius 2 is 1.54 bits per heavy atom. The Bertz CT molecular complexity index is 2890. The van der Waals surface area contributed by atoms with Crippen LogP contribution in [-0.4, -0.2) is 0 Å². The number of allylic oxidation sites excluding steroid dienone is 12. The fraction of sp³-hybridized carbons (Fsp3) is 0.300. The average Bonchev–Trinajstić information content (AvgIpc) is 3.83. The van der Waals surface area contributed by atoms with Crippen molar-refractivity contribution in [1.29, 1.82) is 0 Å². The average molecular weight is 792 g/mol. The highest BCUT2D eigenvalue weighted by Gasteiger charge is 2.51. The van der Waals surface area contributed by atoms with E-state index < -0.39 is 0 Å². The summed E-state index contributed by atoms with van der Waals surface area (Å²) in [5.74, 6) is 0.479. The molecule has 1 unspecified atom stereocenters. The third kappa shape index (κ3) is 5.67. The summed E-state index contributed by atoms with van der Waals surface area (Å²) in [6.07, 6.45) is 20.8. The predicted octanol–water partition coefficient (Wildman–Crippen LogP) is 15.8. The number of benzene rings is 4. The summed E-state index contributed by atoms with van der Waals surface area (Å²) in [6.45, 7) is 19.9. The number of rotatable bonds is 5. The topological polar surface area (TPSA) is 3.24 Å². The maximum Gasteiger partial charge on any atom is 0.0552 e. The molecule has 61 heavy (non-hydrogen) atoms. The second kappa shape index (κ2) is 13.6. The molecule has 0 N–H and O–H groups in total. The van der Waals surface area contributed by atoms with Gasteiger partial charge in [-0.1, -0.05) is 159 Å². The zero-order chi connectivity index (χ0) is 42.0. The van der Waals surface area contributed by atoms with Crippen LogP contribution in [0.2, 0.25) is 0 Å². The normalized spacial score (nSPS) is 20.0. The Balaban J connectivity index is 1.30. The smallest absolute Gasteiger partial charge is 0.0552 e. The van der Waals surface area contributed by atoms with E-state index in [1.165, 1.54) is 101 Å². The Morgan fingerprint density at radius 3 is 2.31 bits per heavy atom. The van der Waals surface area contributed by atoms with Crippen LogP contribution in [0.4, 0.5) is 11.4 Å². The van der Waals surface area contributed by atoms with Gasteiger partial charge >= 0.3 is 0 Å². The fourth-order valence-corrected chi connectivity index (χ4v) is 12.2. The van der Waals surface area contributed by atoms with E-state index >= 15 is 0 Å². The van der Waals surface area contributed by atoms with Gasteiger partial charge in [0.15, 0.2) is 0 Å². The van der Waals surface area contributed by atoms with Crippen LogP contribution in [0.1, 0.15) is 132 Å². The first kappa shape index (κ1) is 38.1. The van der Waals surface area contributed by atoms with Gasteiger partial charge in [-0.2, -0.15) is 0 Å². The largest absolute Gasteiger partial charge is 0.313 e. The summed E-state index contributed by atoms with van der Waals surface area (Å²) < 4.78 is 0. The van der Waals surface area contributed by atoms with Gasteiger partial charge < -0.3 is 4.90 Å². The van der Waals surface area contributed by atoms with Gasteiger partial charge in [-0.05, 0) is 164 Å². The van der Waals surface area contributed by atoms with Gasteiger partial charge in [-0.25, -0.2) is 0 Å². The van der Waals surface area contributed by atoms with Crippen LogP contribution in [0.25, 0.3) is 39.0 Å². The number of fused-ring (bicyclic) bond motifs is 7. The lowest BCUT2D eigenvalue weighted by Crippen LogP contribution is -2.31. The van der Waals surface area contributed by atoms with Crippen LogP contribution in [0.5, 0.6) is 0 Å². The molecular formula is C60H57N. The highest BCUT2D eigenvalue weighted by Crippen LogP contribution is 2.66. The lowest BCUT2D eigenvalue weighted by molar-refractivity contribution is 0.581. The molecule has 1 heteroatoms. The highest BCUT2D eigenvalue weighted by molar-refractivity contribution is 6.03. The quantitative estimate of drug-likeness (QED) is 0.171. The summed E-state index contributed by atoms with van der Waals surface area (Å²) in [5, 5.41) is 0. The van der Waals surface area contributed by atoms with E-state index in [0.29, 0.717) is 5.92 Å². The number of hydrogen-bond donors (Lipinski definition) is 0. The lowest BCUT2D eigenvalue weighted by Gasteiger charge is -2.41. The Hall–Kier alpha value is -5.84. The third-order valence-corrected chi connectivity index (χ3v) is 14.9. The van der Waals surface area contributed by atoms with Crippen molar-refractivity contribution >= 4 is 28.1 Å². The van der Waals surface area contributed by atoms with E-state index in [4.69, 9.17) is 0 Å². The number of anilines is 2. The second-order valence-corrected chi connectivity index (χ2v) is 20.6. The van der Waals surface area contributed by atoms with Crippen molar-refractivity contribution in [1.82, 2.24) is 0 Å². The monoisotopic (exact) mass is 791 g/mol. The molecule has 0 aliphatic heterocycles. The summed E-state index contributed by atoms with van der Waals surface area (Å²) in [6, 6.07) is 39.1. The van der Waals surface area contributed by atoms with E-state index in [2.05, 4.69) is 188 Å². The molecule has 0 saturated carbocycles. The Labute approximate surface area is 364 Å². The molecule has 0 saturated heterocycles. The van der Waals surface area contributed by atoms with E-state index in [-0.39, 0.29) is 16.2 Å². The number of hydrogen-bond acceptors (Lipinski definition) is 1. The summed E-state index contributed by atoms with van der Waals surface area (Å²) >= 11 is 0. The minimum Gasteiger partial charge on any atom is -0.313 e. The lowest BCUT2D eigenvalue weighted by atomic mass is 9.70. The zero-order valence-electron chi connectivity index (χ0n) is 37.3. The molecule has 0 radical (unpaired) electrons. The Morgan fingerprint density at radius 1 is 0.754 bits per heavy atom. The van der Waals surface area contributed by atoms with Crippen molar-refractivity contribution in [3.63, 3.8) is 0 Å². The molecule has 0 aromatic heterocycles.